The van der Waals surface area contributed by atoms with Crippen LogP contribution in [-0.4, -0.2) is 4.98 Å². The minimum Gasteiger partial charge on any atom is -0.348 e. The molecule has 0 fully saturated rings. The van der Waals surface area contributed by atoms with Crippen LogP contribution in [-0.2, 0) is 6.18 Å². The van der Waals surface area contributed by atoms with E-state index in [4.69, 9.17) is 0 Å². The van der Waals surface area contributed by atoms with Gasteiger partial charge in [-0.2, -0.15) is 13.2 Å². The third kappa shape index (κ3) is 2.67. The van der Waals surface area contributed by atoms with E-state index >= 15 is 0 Å². The maximum Gasteiger partial charge on any atom is 0.422 e. The van der Waals surface area contributed by atoms with Crippen molar-refractivity contribution in [2.75, 3.05) is 0 Å². The molecule has 0 aliphatic rings. The second-order valence-corrected chi connectivity index (χ2v) is 3.73. The number of H-pyrrole nitrogens is 1. The molecule has 8 heteroatoms. The predicted molar refractivity (Wildman–Crippen MR) is 49.7 cm³/mol. The highest BCUT2D eigenvalue weighted by Gasteiger charge is 2.39. The van der Waals surface area contributed by atoms with E-state index in [0.29, 0.717) is 6.07 Å². The Morgan fingerprint density at radius 2 is 1.87 bits per heavy atom. The van der Waals surface area contributed by atoms with Gasteiger partial charge >= 0.3 is 6.18 Å². The van der Waals surface area contributed by atoms with E-state index in [1.165, 1.54) is 22.6 Å². The van der Waals surface area contributed by atoms with Crippen molar-refractivity contribution < 1.29 is 22.0 Å². The zero-order valence-corrected chi connectivity index (χ0v) is 8.99. The van der Waals surface area contributed by atoms with Crippen LogP contribution < -0.4 is 5.43 Å². The van der Waals surface area contributed by atoms with Gasteiger partial charge in [-0.15, -0.1) is 0 Å². The lowest BCUT2D eigenvalue weighted by atomic mass is 10.2. The van der Waals surface area contributed by atoms with Crippen LogP contribution in [0.2, 0.25) is 0 Å². The fourth-order valence-corrected chi connectivity index (χ4v) is 1.58. The molecule has 1 N–H and O–H groups in total. The van der Waals surface area contributed by atoms with Gasteiger partial charge in [-0.1, -0.05) is 0 Å². The highest BCUT2D eigenvalue weighted by molar-refractivity contribution is 14.1. The summed E-state index contributed by atoms with van der Waals surface area (Å²) in [5, 5.41) is 0. The Bertz CT molecular complexity index is 424. The minimum absolute atomic E-state index is 0.0686. The first-order valence-corrected chi connectivity index (χ1v) is 4.59. The van der Waals surface area contributed by atoms with E-state index < -0.39 is 29.3 Å². The van der Waals surface area contributed by atoms with Gasteiger partial charge in [0.25, 0.3) is 6.43 Å². The number of halogens is 6. The summed E-state index contributed by atoms with van der Waals surface area (Å²) in [6.07, 6.45) is -8.45. The Morgan fingerprint density at radius 1 is 1.33 bits per heavy atom. The minimum atomic E-state index is -5.08. The van der Waals surface area contributed by atoms with E-state index in [2.05, 4.69) is 0 Å². The quantitative estimate of drug-likeness (QED) is 0.476. The summed E-state index contributed by atoms with van der Waals surface area (Å²) in [5.41, 5.74) is -4.68. The summed E-state index contributed by atoms with van der Waals surface area (Å²) in [6, 6.07) is 0.620. The fourth-order valence-electron chi connectivity index (χ4n) is 1.00. The summed E-state index contributed by atoms with van der Waals surface area (Å²) < 4.78 is 61.2. The number of nitrogens with one attached hydrogen (secondary N) is 1. The van der Waals surface area contributed by atoms with Crippen molar-refractivity contribution in [1.82, 2.24) is 4.98 Å². The molecule has 0 atom stereocenters. The molecule has 84 valence electrons. The normalized spacial score (nSPS) is 12.2. The molecule has 0 unspecified atom stereocenters. The molecule has 0 aliphatic carbocycles. The predicted octanol–water partition coefficient (Wildman–Crippen LogP) is 2.94. The van der Waals surface area contributed by atoms with Crippen LogP contribution in [0.4, 0.5) is 22.0 Å². The van der Waals surface area contributed by atoms with Crippen molar-refractivity contribution in [2.24, 2.45) is 0 Å². The Hall–Kier alpha value is -0.670. The van der Waals surface area contributed by atoms with Crippen LogP contribution in [0.25, 0.3) is 0 Å². The van der Waals surface area contributed by atoms with Gasteiger partial charge in [-0.3, -0.25) is 4.79 Å². The maximum atomic E-state index is 12.2. The van der Waals surface area contributed by atoms with Crippen molar-refractivity contribution in [3.8, 4) is 0 Å². The highest BCUT2D eigenvalue weighted by atomic mass is 127. The number of alkyl halides is 5. The standard InChI is InChI=1S/C7H3F5INO/c8-6(9)5-4(7(10,11)12)2(15)1-3(13)14-5/h1,6H,(H,14,15). The highest BCUT2D eigenvalue weighted by Crippen LogP contribution is 2.33. The number of aromatic amines is 1. The van der Waals surface area contributed by atoms with Gasteiger partial charge in [0.2, 0.25) is 0 Å². The molecule has 1 aromatic heterocycles. The SMILES string of the molecule is O=c1cc(I)[nH]c(C(F)F)c1C(F)(F)F. The molecule has 2 nitrogen and oxygen atoms in total. The Morgan fingerprint density at radius 3 is 2.27 bits per heavy atom. The number of rotatable bonds is 1. The van der Waals surface area contributed by atoms with Crippen molar-refractivity contribution >= 4 is 22.6 Å². The zero-order chi connectivity index (χ0) is 11.8. The number of pyridine rings is 1. The Balaban J connectivity index is 3.55. The van der Waals surface area contributed by atoms with E-state index in [9.17, 15) is 26.7 Å². The second kappa shape index (κ2) is 4.06. The van der Waals surface area contributed by atoms with Crippen molar-refractivity contribution in [3.63, 3.8) is 0 Å². The first kappa shape index (κ1) is 12.4. The molecule has 0 bridgehead atoms. The monoisotopic (exact) mass is 339 g/mol. The first-order chi connectivity index (χ1) is 6.73. The van der Waals surface area contributed by atoms with E-state index in [-0.39, 0.29) is 3.70 Å². The van der Waals surface area contributed by atoms with Crippen LogP contribution in [0.1, 0.15) is 17.7 Å². The van der Waals surface area contributed by atoms with Crippen LogP contribution in [0.3, 0.4) is 0 Å². The van der Waals surface area contributed by atoms with E-state index in [1.54, 1.807) is 0 Å². The molecule has 1 heterocycles. The molecule has 0 amide bonds. The summed E-state index contributed by atoms with van der Waals surface area (Å²) in [4.78, 5) is 12.8. The Labute approximate surface area is 93.6 Å². The molecule has 0 aliphatic heterocycles. The second-order valence-electron chi connectivity index (χ2n) is 2.57. The third-order valence-electron chi connectivity index (χ3n) is 1.53. The van der Waals surface area contributed by atoms with Gasteiger partial charge < -0.3 is 4.98 Å². The zero-order valence-electron chi connectivity index (χ0n) is 6.83. The Kier molecular flexibility index (Phi) is 3.36. The third-order valence-corrected chi connectivity index (χ3v) is 2.11. The lowest BCUT2D eigenvalue weighted by molar-refractivity contribution is -0.140. The largest absolute Gasteiger partial charge is 0.422 e. The van der Waals surface area contributed by atoms with Crippen molar-refractivity contribution in [3.05, 3.63) is 31.2 Å². The molecule has 1 rings (SSSR count). The van der Waals surface area contributed by atoms with Crippen LogP contribution >= 0.6 is 22.6 Å². The number of aromatic nitrogens is 1. The summed E-state index contributed by atoms with van der Waals surface area (Å²) >= 11 is 1.45. The lowest BCUT2D eigenvalue weighted by Crippen LogP contribution is -2.23. The topological polar surface area (TPSA) is 32.9 Å². The van der Waals surface area contributed by atoms with Gasteiger partial charge in [0.15, 0.2) is 5.43 Å². The maximum absolute atomic E-state index is 12.2. The number of hydrogen-bond acceptors (Lipinski definition) is 1. The van der Waals surface area contributed by atoms with Crippen molar-refractivity contribution in [2.45, 2.75) is 12.6 Å². The summed E-state index contributed by atoms with van der Waals surface area (Å²) in [6.45, 7) is 0. The van der Waals surface area contributed by atoms with Crippen LogP contribution in [0.5, 0.6) is 0 Å². The summed E-state index contributed by atoms with van der Waals surface area (Å²) in [7, 11) is 0. The van der Waals surface area contributed by atoms with Crippen molar-refractivity contribution in [1.29, 1.82) is 0 Å². The summed E-state index contributed by atoms with van der Waals surface area (Å²) in [5.74, 6) is 0. The van der Waals surface area contributed by atoms with Gasteiger partial charge in [0.05, 0.1) is 9.39 Å². The molecular weight excluding hydrogens is 336 g/mol. The smallest absolute Gasteiger partial charge is 0.348 e. The molecule has 1 aromatic rings. The van der Waals surface area contributed by atoms with Gasteiger partial charge in [0, 0.05) is 6.07 Å². The molecule has 0 radical (unpaired) electrons. The number of hydrogen-bond donors (Lipinski definition) is 1. The van der Waals surface area contributed by atoms with Gasteiger partial charge in [-0.05, 0) is 22.6 Å². The fraction of sp³-hybridized carbons (Fsp3) is 0.286. The molecule has 0 saturated heterocycles. The van der Waals surface area contributed by atoms with E-state index in [0.717, 1.165) is 0 Å². The molecule has 15 heavy (non-hydrogen) atoms. The average molecular weight is 339 g/mol. The molecule has 0 aromatic carbocycles. The first-order valence-electron chi connectivity index (χ1n) is 3.51. The average Bonchev–Trinajstić information content (AvgIpc) is 1.99. The molecule has 0 spiro atoms. The van der Waals surface area contributed by atoms with Crippen LogP contribution in [0, 0.1) is 3.70 Å². The van der Waals surface area contributed by atoms with Crippen LogP contribution in [0.15, 0.2) is 10.9 Å². The van der Waals surface area contributed by atoms with E-state index in [1.807, 2.05) is 4.98 Å². The van der Waals surface area contributed by atoms with Gasteiger partial charge in [0.1, 0.15) is 5.56 Å². The van der Waals surface area contributed by atoms with Gasteiger partial charge in [-0.25, -0.2) is 8.78 Å². The molecular formula is C7H3F5INO. The lowest BCUT2D eigenvalue weighted by Gasteiger charge is -2.11. The molecule has 0 saturated carbocycles.